The van der Waals surface area contributed by atoms with Gasteiger partial charge in [-0.15, -0.1) is 12.4 Å². The van der Waals surface area contributed by atoms with Crippen molar-refractivity contribution in [3.8, 4) is 0 Å². The van der Waals surface area contributed by atoms with E-state index in [4.69, 9.17) is 11.6 Å². The Morgan fingerprint density at radius 3 is 1.87 bits per heavy atom. The molecule has 0 unspecified atom stereocenters. The zero-order valence-corrected chi connectivity index (χ0v) is 16.2. The van der Waals surface area contributed by atoms with Crippen LogP contribution in [-0.4, -0.2) is 18.0 Å². The van der Waals surface area contributed by atoms with E-state index in [1.165, 1.54) is 76.2 Å². The van der Waals surface area contributed by atoms with Gasteiger partial charge in [0.15, 0.2) is 0 Å². The first kappa shape index (κ1) is 20.8. The van der Waals surface area contributed by atoms with Crippen LogP contribution in [0.1, 0.15) is 76.2 Å². The van der Waals surface area contributed by atoms with Crippen molar-refractivity contribution in [1.29, 1.82) is 0 Å². The lowest BCUT2D eigenvalue weighted by Crippen LogP contribution is -2.31. The van der Waals surface area contributed by atoms with Gasteiger partial charge in [-0.05, 0) is 31.5 Å². The van der Waals surface area contributed by atoms with E-state index < -0.39 is 0 Å². The Kier molecular flexibility index (Phi) is 11.0. The second-order valence-corrected chi connectivity index (χ2v) is 7.33. The number of hydrogen-bond acceptors (Lipinski definition) is 1. The van der Waals surface area contributed by atoms with Gasteiger partial charge in [-0.25, -0.2) is 0 Å². The maximum atomic E-state index is 6.33. The van der Waals surface area contributed by atoms with E-state index in [2.05, 4.69) is 24.1 Å². The molecule has 0 spiro atoms. The summed E-state index contributed by atoms with van der Waals surface area (Å²) in [5.74, 6) is 0. The molecule has 0 heterocycles. The van der Waals surface area contributed by atoms with Crippen molar-refractivity contribution in [2.75, 3.05) is 7.05 Å². The number of halogens is 2. The van der Waals surface area contributed by atoms with Crippen LogP contribution in [0.15, 0.2) is 24.3 Å². The van der Waals surface area contributed by atoms with E-state index in [9.17, 15) is 0 Å². The molecule has 0 bridgehead atoms. The van der Waals surface area contributed by atoms with E-state index in [1.807, 2.05) is 12.1 Å². The van der Waals surface area contributed by atoms with Gasteiger partial charge in [0.1, 0.15) is 0 Å². The van der Waals surface area contributed by atoms with Crippen LogP contribution in [0.2, 0.25) is 5.02 Å². The summed E-state index contributed by atoms with van der Waals surface area (Å²) in [5, 5.41) is 0.905. The normalized spacial score (nSPS) is 18.7. The minimum atomic E-state index is 0. The fourth-order valence-electron chi connectivity index (χ4n) is 3.61. The highest BCUT2D eigenvalue weighted by molar-refractivity contribution is 6.31. The fourth-order valence-corrected chi connectivity index (χ4v) is 3.80. The summed E-state index contributed by atoms with van der Waals surface area (Å²) >= 11 is 6.33. The predicted molar refractivity (Wildman–Crippen MR) is 105 cm³/mol. The zero-order chi connectivity index (χ0) is 15.6. The molecule has 0 N–H and O–H groups in total. The molecule has 0 atom stereocenters. The summed E-state index contributed by atoms with van der Waals surface area (Å²) in [5.41, 5.74) is 1.26. The quantitative estimate of drug-likeness (QED) is 0.570. The smallest absolute Gasteiger partial charge is 0.0451 e. The molecule has 0 amide bonds. The highest BCUT2D eigenvalue weighted by atomic mass is 35.5. The second-order valence-electron chi connectivity index (χ2n) is 6.92. The van der Waals surface area contributed by atoms with Gasteiger partial charge >= 0.3 is 0 Å². The first-order chi connectivity index (χ1) is 10.8. The molecule has 0 aliphatic heterocycles. The summed E-state index contributed by atoms with van der Waals surface area (Å²) in [6.45, 7) is 0.977. The van der Waals surface area contributed by atoms with Crippen molar-refractivity contribution in [1.82, 2.24) is 4.90 Å². The number of nitrogens with zero attached hydrogens (tertiary/aromatic N) is 1. The Hall–Kier alpha value is -0.240. The van der Waals surface area contributed by atoms with E-state index in [-0.39, 0.29) is 12.4 Å². The van der Waals surface area contributed by atoms with Gasteiger partial charge in [-0.2, -0.15) is 0 Å². The third-order valence-corrected chi connectivity index (χ3v) is 5.44. The summed E-state index contributed by atoms with van der Waals surface area (Å²) in [6.07, 6.45) is 15.5. The lowest BCUT2D eigenvalue weighted by atomic mass is 9.97. The molecule has 3 heteroatoms. The third-order valence-electron chi connectivity index (χ3n) is 5.08. The largest absolute Gasteiger partial charge is 0.299 e. The summed E-state index contributed by atoms with van der Waals surface area (Å²) in [4.78, 5) is 2.53. The minimum absolute atomic E-state index is 0. The van der Waals surface area contributed by atoms with Gasteiger partial charge in [0.05, 0.1) is 0 Å². The maximum absolute atomic E-state index is 6.33. The number of benzene rings is 1. The summed E-state index contributed by atoms with van der Waals surface area (Å²) < 4.78 is 0. The van der Waals surface area contributed by atoms with Crippen molar-refractivity contribution in [3.05, 3.63) is 34.9 Å². The Morgan fingerprint density at radius 1 is 0.870 bits per heavy atom. The molecule has 0 saturated heterocycles. The molecule has 1 aromatic rings. The van der Waals surface area contributed by atoms with E-state index in [0.29, 0.717) is 0 Å². The van der Waals surface area contributed by atoms with Crippen LogP contribution < -0.4 is 0 Å². The lowest BCUT2D eigenvalue weighted by molar-refractivity contribution is 0.201. The molecule has 1 aliphatic rings. The van der Waals surface area contributed by atoms with Crippen molar-refractivity contribution >= 4 is 24.0 Å². The monoisotopic (exact) mass is 357 g/mol. The molecule has 1 nitrogen and oxygen atoms in total. The van der Waals surface area contributed by atoms with E-state index >= 15 is 0 Å². The van der Waals surface area contributed by atoms with Crippen molar-refractivity contribution in [3.63, 3.8) is 0 Å². The highest BCUT2D eigenvalue weighted by Crippen LogP contribution is 2.23. The molecule has 1 aromatic carbocycles. The van der Waals surface area contributed by atoms with Crippen molar-refractivity contribution < 1.29 is 0 Å². The van der Waals surface area contributed by atoms with Gasteiger partial charge < -0.3 is 0 Å². The van der Waals surface area contributed by atoms with Crippen molar-refractivity contribution in [2.24, 2.45) is 0 Å². The standard InChI is InChI=1S/C20H32ClN.ClH/c1-22(17-18-13-11-12-16-20(18)21)19-14-9-7-5-3-2-4-6-8-10-15-19;/h11-13,16,19H,2-10,14-15,17H2,1H3;1H. The molecular weight excluding hydrogens is 325 g/mol. The first-order valence-corrected chi connectivity index (χ1v) is 9.59. The van der Waals surface area contributed by atoms with Gasteiger partial charge in [0.2, 0.25) is 0 Å². The molecule has 2 rings (SSSR count). The van der Waals surface area contributed by atoms with Crippen LogP contribution >= 0.6 is 24.0 Å². The van der Waals surface area contributed by atoms with Gasteiger partial charge in [-0.1, -0.05) is 87.6 Å². The van der Waals surface area contributed by atoms with Crippen LogP contribution in [-0.2, 0) is 6.54 Å². The maximum Gasteiger partial charge on any atom is 0.0451 e. The number of rotatable bonds is 3. The molecule has 23 heavy (non-hydrogen) atoms. The minimum Gasteiger partial charge on any atom is -0.299 e. The van der Waals surface area contributed by atoms with Crippen LogP contribution in [0.3, 0.4) is 0 Å². The lowest BCUT2D eigenvalue weighted by Gasteiger charge is -2.29. The Morgan fingerprint density at radius 2 is 1.35 bits per heavy atom. The molecule has 1 aliphatic carbocycles. The Balaban J connectivity index is 0.00000264. The molecule has 132 valence electrons. The molecule has 0 radical (unpaired) electrons. The first-order valence-electron chi connectivity index (χ1n) is 9.21. The average molecular weight is 358 g/mol. The SMILES string of the molecule is CN(Cc1ccccc1Cl)C1CCCCCCCCCCC1.Cl. The van der Waals surface area contributed by atoms with Crippen LogP contribution in [0.4, 0.5) is 0 Å². The van der Waals surface area contributed by atoms with E-state index in [0.717, 1.165) is 17.6 Å². The zero-order valence-electron chi connectivity index (χ0n) is 14.6. The summed E-state index contributed by atoms with van der Waals surface area (Å²) in [7, 11) is 2.28. The fraction of sp³-hybridized carbons (Fsp3) is 0.700. The van der Waals surface area contributed by atoms with Crippen LogP contribution in [0, 0.1) is 0 Å². The van der Waals surface area contributed by atoms with Gasteiger partial charge in [0, 0.05) is 17.6 Å². The van der Waals surface area contributed by atoms with Crippen LogP contribution in [0.5, 0.6) is 0 Å². The highest BCUT2D eigenvalue weighted by Gasteiger charge is 2.16. The van der Waals surface area contributed by atoms with Gasteiger partial charge in [-0.3, -0.25) is 4.90 Å². The van der Waals surface area contributed by atoms with Gasteiger partial charge in [0.25, 0.3) is 0 Å². The molecular formula is C20H33Cl2N. The number of hydrogen-bond donors (Lipinski definition) is 0. The average Bonchev–Trinajstić information content (AvgIpc) is 2.50. The van der Waals surface area contributed by atoms with Crippen LogP contribution in [0.25, 0.3) is 0 Å². The molecule has 1 saturated carbocycles. The Bertz CT molecular complexity index is 410. The summed E-state index contributed by atoms with van der Waals surface area (Å²) in [6, 6.07) is 8.99. The molecule has 0 aromatic heterocycles. The third kappa shape index (κ3) is 7.92. The topological polar surface area (TPSA) is 3.24 Å². The molecule has 1 fully saturated rings. The Labute approximate surface area is 154 Å². The van der Waals surface area contributed by atoms with Crippen molar-refractivity contribution in [2.45, 2.75) is 83.2 Å². The van der Waals surface area contributed by atoms with E-state index in [1.54, 1.807) is 0 Å². The predicted octanol–water partition coefficient (Wildman–Crippen LogP) is 6.87. The second kappa shape index (κ2) is 12.2.